The minimum atomic E-state index is -1.03. The van der Waals surface area contributed by atoms with E-state index in [-0.39, 0.29) is 17.9 Å². The molecule has 0 spiro atoms. The molecule has 1 fully saturated rings. The van der Waals surface area contributed by atoms with Crippen molar-refractivity contribution in [2.24, 2.45) is 0 Å². The van der Waals surface area contributed by atoms with Crippen LogP contribution in [0.1, 0.15) is 34.0 Å². The molecule has 2 aromatic rings. The number of aryl methyl sites for hydroxylation is 1. The molecule has 22 heavy (non-hydrogen) atoms. The van der Waals surface area contributed by atoms with Crippen LogP contribution in [0.5, 0.6) is 0 Å². The maximum Gasteiger partial charge on any atom is 0.404 e. The fraction of sp³-hybridized carbons (Fsp3) is 0.267. The van der Waals surface area contributed by atoms with Gasteiger partial charge in [-0.25, -0.2) is 4.79 Å². The Morgan fingerprint density at radius 3 is 2.86 bits per heavy atom. The first-order chi connectivity index (χ1) is 10.5. The van der Waals surface area contributed by atoms with Crippen molar-refractivity contribution in [1.82, 2.24) is 10.5 Å². The van der Waals surface area contributed by atoms with Crippen LogP contribution in [-0.2, 0) is 0 Å². The number of carbonyl (C=O) groups is 2. The molecule has 7 nitrogen and oxygen atoms in total. The van der Waals surface area contributed by atoms with E-state index in [0.717, 1.165) is 12.0 Å². The van der Waals surface area contributed by atoms with Crippen molar-refractivity contribution in [2.75, 3.05) is 5.32 Å². The van der Waals surface area contributed by atoms with Gasteiger partial charge in [0.05, 0.1) is 0 Å². The molecule has 1 aromatic heterocycles. The molecule has 2 atom stereocenters. The van der Waals surface area contributed by atoms with Gasteiger partial charge >= 0.3 is 6.09 Å². The second-order valence-corrected chi connectivity index (χ2v) is 5.30. The molecular weight excluding hydrogens is 286 g/mol. The van der Waals surface area contributed by atoms with Gasteiger partial charge in [0, 0.05) is 23.6 Å². The molecule has 1 saturated carbocycles. The summed E-state index contributed by atoms with van der Waals surface area (Å²) in [4.78, 5) is 22.8. The molecule has 0 aliphatic heterocycles. The van der Waals surface area contributed by atoms with Gasteiger partial charge in [0.1, 0.15) is 5.76 Å². The zero-order valence-corrected chi connectivity index (χ0v) is 11.9. The molecule has 1 aliphatic rings. The number of aromatic nitrogens is 1. The van der Waals surface area contributed by atoms with Gasteiger partial charge in [0.15, 0.2) is 5.82 Å². The van der Waals surface area contributed by atoms with E-state index in [1.807, 2.05) is 6.07 Å². The zero-order chi connectivity index (χ0) is 15.7. The summed E-state index contributed by atoms with van der Waals surface area (Å²) in [6.07, 6.45) is -0.275. The number of anilines is 1. The highest BCUT2D eigenvalue weighted by molar-refractivity contribution is 6.03. The number of nitrogens with zero attached hydrogens (tertiary/aromatic N) is 1. The van der Waals surface area contributed by atoms with Crippen molar-refractivity contribution in [2.45, 2.75) is 25.3 Å². The highest BCUT2D eigenvalue weighted by Gasteiger charge is 2.39. The number of nitrogens with one attached hydrogen (secondary N) is 2. The lowest BCUT2D eigenvalue weighted by Gasteiger charge is -2.05. The average molecular weight is 301 g/mol. The molecule has 7 heteroatoms. The van der Waals surface area contributed by atoms with Gasteiger partial charge in [-0.15, -0.1) is 0 Å². The Morgan fingerprint density at radius 1 is 1.36 bits per heavy atom. The van der Waals surface area contributed by atoms with Crippen molar-refractivity contribution >= 4 is 17.8 Å². The molecule has 3 N–H and O–H groups in total. The van der Waals surface area contributed by atoms with Gasteiger partial charge in [0.2, 0.25) is 0 Å². The van der Waals surface area contributed by atoms with E-state index in [4.69, 9.17) is 9.63 Å². The second kappa shape index (κ2) is 5.51. The molecule has 1 aliphatic carbocycles. The molecule has 0 bridgehead atoms. The Labute approximate surface area is 126 Å². The lowest BCUT2D eigenvalue weighted by molar-refractivity contribution is 0.102. The molecule has 1 aromatic carbocycles. The third-order valence-corrected chi connectivity index (χ3v) is 3.55. The third-order valence-electron chi connectivity index (χ3n) is 3.55. The molecule has 2 amide bonds. The summed E-state index contributed by atoms with van der Waals surface area (Å²) in [5, 5.41) is 17.5. The van der Waals surface area contributed by atoms with Crippen molar-refractivity contribution < 1.29 is 19.2 Å². The molecule has 0 saturated heterocycles. The number of hydrogen-bond acceptors (Lipinski definition) is 4. The van der Waals surface area contributed by atoms with Crippen molar-refractivity contribution in [3.63, 3.8) is 0 Å². The Kier molecular flexibility index (Phi) is 3.54. The van der Waals surface area contributed by atoms with Crippen LogP contribution in [0.25, 0.3) is 0 Å². The number of benzene rings is 1. The van der Waals surface area contributed by atoms with E-state index in [2.05, 4.69) is 15.8 Å². The Bertz CT molecular complexity index is 725. The van der Waals surface area contributed by atoms with E-state index in [0.29, 0.717) is 17.1 Å². The molecule has 2 unspecified atom stereocenters. The van der Waals surface area contributed by atoms with Gasteiger partial charge in [-0.2, -0.15) is 0 Å². The van der Waals surface area contributed by atoms with Crippen LogP contribution in [0.4, 0.5) is 10.6 Å². The summed E-state index contributed by atoms with van der Waals surface area (Å²) in [6, 6.07) is 8.72. The number of amides is 2. The SMILES string of the molecule is Cc1cc(NC(=O)c2cccc(C3CC3NC(=O)O)c2)no1. The largest absolute Gasteiger partial charge is 0.465 e. The highest BCUT2D eigenvalue weighted by atomic mass is 16.5. The number of carboxylic acid groups (broad SMARTS) is 1. The standard InChI is InChI=1S/C15H15N3O4/c1-8-5-13(18-22-8)17-14(19)10-4-2-3-9(6-10)11-7-12(11)16-15(20)21/h2-6,11-12,16H,7H2,1H3,(H,20,21)(H,17,18,19). The van der Waals surface area contributed by atoms with Gasteiger partial charge in [0.25, 0.3) is 5.91 Å². The lowest BCUT2D eigenvalue weighted by atomic mass is 10.1. The van der Waals surface area contributed by atoms with Crippen LogP contribution in [-0.4, -0.2) is 28.3 Å². The van der Waals surface area contributed by atoms with Crippen LogP contribution < -0.4 is 10.6 Å². The molecule has 114 valence electrons. The number of rotatable bonds is 4. The summed E-state index contributed by atoms with van der Waals surface area (Å²) in [6.45, 7) is 1.74. The van der Waals surface area contributed by atoms with Crippen LogP contribution in [0.2, 0.25) is 0 Å². The zero-order valence-electron chi connectivity index (χ0n) is 11.9. The smallest absolute Gasteiger partial charge is 0.404 e. The van der Waals surface area contributed by atoms with Gasteiger partial charge in [-0.05, 0) is 31.0 Å². The van der Waals surface area contributed by atoms with Gasteiger partial charge in [-0.1, -0.05) is 17.3 Å². The minimum absolute atomic E-state index is 0.0750. The monoisotopic (exact) mass is 301 g/mol. The van der Waals surface area contributed by atoms with Crippen molar-refractivity contribution in [1.29, 1.82) is 0 Å². The predicted molar refractivity (Wildman–Crippen MR) is 77.9 cm³/mol. The Balaban J connectivity index is 1.69. The summed E-state index contributed by atoms with van der Waals surface area (Å²) in [5.74, 6) is 0.825. The fourth-order valence-corrected chi connectivity index (χ4v) is 2.41. The summed E-state index contributed by atoms with van der Waals surface area (Å²) >= 11 is 0. The number of hydrogen-bond donors (Lipinski definition) is 3. The van der Waals surface area contributed by atoms with E-state index >= 15 is 0 Å². The third kappa shape index (κ3) is 3.08. The van der Waals surface area contributed by atoms with Crippen LogP contribution in [0.15, 0.2) is 34.9 Å². The van der Waals surface area contributed by atoms with E-state index in [1.54, 1.807) is 31.2 Å². The topological polar surface area (TPSA) is 104 Å². The van der Waals surface area contributed by atoms with E-state index in [1.165, 1.54) is 0 Å². The van der Waals surface area contributed by atoms with E-state index in [9.17, 15) is 9.59 Å². The van der Waals surface area contributed by atoms with Crippen molar-refractivity contribution in [3.8, 4) is 0 Å². The predicted octanol–water partition coefficient (Wildman–Crippen LogP) is 2.36. The molecule has 3 rings (SSSR count). The summed E-state index contributed by atoms with van der Waals surface area (Å²) in [5.41, 5.74) is 1.45. The van der Waals surface area contributed by atoms with Gasteiger partial charge in [-0.3, -0.25) is 4.79 Å². The fourth-order valence-electron chi connectivity index (χ4n) is 2.41. The normalized spacial score (nSPS) is 19.5. The maximum absolute atomic E-state index is 12.2. The first kappa shape index (κ1) is 14.1. The Hall–Kier alpha value is -2.83. The first-order valence-electron chi connectivity index (χ1n) is 6.87. The van der Waals surface area contributed by atoms with Crippen LogP contribution in [0.3, 0.4) is 0 Å². The first-order valence-corrected chi connectivity index (χ1v) is 6.87. The lowest BCUT2D eigenvalue weighted by Crippen LogP contribution is -2.24. The van der Waals surface area contributed by atoms with Crippen molar-refractivity contribution in [3.05, 3.63) is 47.2 Å². The molecule has 1 heterocycles. The maximum atomic E-state index is 12.2. The number of carbonyl (C=O) groups excluding carboxylic acids is 1. The van der Waals surface area contributed by atoms with Crippen LogP contribution >= 0.6 is 0 Å². The summed E-state index contributed by atoms with van der Waals surface area (Å²) < 4.78 is 4.90. The minimum Gasteiger partial charge on any atom is -0.465 e. The average Bonchev–Trinajstić information content (AvgIpc) is 3.11. The molecule has 0 radical (unpaired) electrons. The molecular formula is C15H15N3O4. The van der Waals surface area contributed by atoms with Gasteiger partial charge < -0.3 is 20.3 Å². The van der Waals surface area contributed by atoms with E-state index < -0.39 is 6.09 Å². The van der Waals surface area contributed by atoms with Crippen LogP contribution in [0, 0.1) is 6.92 Å². The summed E-state index contributed by atoms with van der Waals surface area (Å²) in [7, 11) is 0. The Morgan fingerprint density at radius 2 is 2.18 bits per heavy atom. The second-order valence-electron chi connectivity index (χ2n) is 5.30. The quantitative estimate of drug-likeness (QED) is 0.804. The highest BCUT2D eigenvalue weighted by Crippen LogP contribution is 2.40.